The van der Waals surface area contributed by atoms with E-state index in [0.29, 0.717) is 30.7 Å². The van der Waals surface area contributed by atoms with Crippen molar-refractivity contribution in [2.45, 2.75) is 45.8 Å². The van der Waals surface area contributed by atoms with E-state index in [2.05, 4.69) is 34.5 Å². The van der Waals surface area contributed by atoms with E-state index in [-0.39, 0.29) is 24.0 Å². The normalized spacial score (nSPS) is 14.1. The van der Waals surface area contributed by atoms with Gasteiger partial charge in [-0.2, -0.15) is 0 Å². The fraction of sp³-hybridized carbons (Fsp3) is 0.529. The first-order valence-corrected chi connectivity index (χ1v) is 9.03. The first kappa shape index (κ1) is 21.9. The van der Waals surface area contributed by atoms with Crippen molar-refractivity contribution in [1.82, 2.24) is 15.6 Å². The lowest BCUT2D eigenvalue weighted by molar-refractivity contribution is 0.0386. The monoisotopic (exact) mass is 478 g/mol. The van der Waals surface area contributed by atoms with E-state index in [1.165, 1.54) is 0 Å². The Morgan fingerprint density at radius 2 is 2.20 bits per heavy atom. The minimum Gasteiger partial charge on any atom is -0.466 e. The molecule has 6 nitrogen and oxygen atoms in total. The molecule has 0 bridgehead atoms. The molecule has 2 heterocycles. The standard InChI is InChI=1S/C17H26N4O2S.HI/c1-5-18-16(19-9-13-10-24-15(21-13)12(2)3)20-11-17(4,22)14-7-6-8-23-14;/h6-8,10,12,22H,5,9,11H2,1-4H3,(H2,18,19,20);1H. The predicted octanol–water partition coefficient (Wildman–Crippen LogP) is 3.44. The summed E-state index contributed by atoms with van der Waals surface area (Å²) in [5, 5.41) is 20.0. The van der Waals surface area contributed by atoms with Gasteiger partial charge in [-0.1, -0.05) is 13.8 Å². The fourth-order valence-electron chi connectivity index (χ4n) is 2.09. The molecule has 140 valence electrons. The van der Waals surface area contributed by atoms with E-state index < -0.39 is 5.60 Å². The molecule has 0 saturated heterocycles. The van der Waals surface area contributed by atoms with E-state index in [0.717, 1.165) is 17.2 Å². The van der Waals surface area contributed by atoms with Crippen molar-refractivity contribution < 1.29 is 9.52 Å². The van der Waals surface area contributed by atoms with Crippen molar-refractivity contribution in [3.63, 3.8) is 0 Å². The Morgan fingerprint density at radius 3 is 2.76 bits per heavy atom. The number of hydrogen-bond acceptors (Lipinski definition) is 5. The first-order valence-electron chi connectivity index (χ1n) is 8.15. The SMILES string of the molecule is CCNC(=NCc1csc(C(C)C)n1)NCC(C)(O)c1ccco1.I. The number of nitrogens with zero attached hydrogens (tertiary/aromatic N) is 2. The van der Waals surface area contributed by atoms with E-state index in [9.17, 15) is 5.11 Å². The Labute approximate surface area is 170 Å². The molecule has 0 aliphatic heterocycles. The molecule has 2 aromatic heterocycles. The Hall–Kier alpha value is -1.13. The van der Waals surface area contributed by atoms with Crippen LogP contribution in [-0.4, -0.2) is 29.1 Å². The summed E-state index contributed by atoms with van der Waals surface area (Å²) in [5.74, 6) is 1.60. The minimum absolute atomic E-state index is 0. The Morgan fingerprint density at radius 1 is 1.44 bits per heavy atom. The molecule has 2 rings (SSSR count). The third kappa shape index (κ3) is 6.59. The molecule has 0 aliphatic carbocycles. The predicted molar refractivity (Wildman–Crippen MR) is 113 cm³/mol. The zero-order valence-electron chi connectivity index (χ0n) is 15.1. The van der Waals surface area contributed by atoms with Gasteiger partial charge >= 0.3 is 0 Å². The highest BCUT2D eigenvalue weighted by molar-refractivity contribution is 14.0. The quantitative estimate of drug-likeness (QED) is 0.323. The second-order valence-electron chi connectivity index (χ2n) is 6.13. The zero-order chi connectivity index (χ0) is 17.6. The van der Waals surface area contributed by atoms with Gasteiger partial charge in [0.15, 0.2) is 5.96 Å². The molecule has 0 fully saturated rings. The molecular formula is C17H27IN4O2S. The molecule has 8 heteroatoms. The van der Waals surface area contributed by atoms with Crippen LogP contribution in [0.4, 0.5) is 0 Å². The Kier molecular flexibility index (Phi) is 8.87. The number of halogens is 1. The van der Waals surface area contributed by atoms with Gasteiger partial charge in [0.05, 0.1) is 30.1 Å². The van der Waals surface area contributed by atoms with Crippen LogP contribution < -0.4 is 10.6 Å². The second kappa shape index (κ2) is 10.1. The van der Waals surface area contributed by atoms with Gasteiger partial charge in [0.2, 0.25) is 0 Å². The maximum absolute atomic E-state index is 10.5. The van der Waals surface area contributed by atoms with Crippen molar-refractivity contribution in [3.8, 4) is 0 Å². The van der Waals surface area contributed by atoms with Crippen LogP contribution in [0.2, 0.25) is 0 Å². The summed E-state index contributed by atoms with van der Waals surface area (Å²) in [5.41, 5.74) is -0.149. The lowest BCUT2D eigenvalue weighted by Crippen LogP contribution is -2.44. The van der Waals surface area contributed by atoms with Crippen LogP contribution >= 0.6 is 35.3 Å². The molecule has 1 unspecified atom stereocenters. The van der Waals surface area contributed by atoms with Crippen LogP contribution in [0.3, 0.4) is 0 Å². The number of hydrogen-bond donors (Lipinski definition) is 3. The van der Waals surface area contributed by atoms with Gasteiger partial charge in [-0.3, -0.25) is 0 Å². The molecule has 0 saturated carbocycles. The molecule has 0 aliphatic rings. The molecule has 2 aromatic rings. The van der Waals surface area contributed by atoms with Crippen molar-refractivity contribution >= 4 is 41.3 Å². The van der Waals surface area contributed by atoms with E-state index in [4.69, 9.17) is 4.42 Å². The van der Waals surface area contributed by atoms with Gasteiger partial charge < -0.3 is 20.2 Å². The maximum atomic E-state index is 10.5. The summed E-state index contributed by atoms with van der Waals surface area (Å²) < 4.78 is 5.29. The molecule has 25 heavy (non-hydrogen) atoms. The second-order valence-corrected chi connectivity index (χ2v) is 7.02. The van der Waals surface area contributed by atoms with Crippen LogP contribution in [-0.2, 0) is 12.1 Å². The van der Waals surface area contributed by atoms with Gasteiger partial charge in [0.1, 0.15) is 11.4 Å². The smallest absolute Gasteiger partial charge is 0.191 e. The van der Waals surface area contributed by atoms with Crippen LogP contribution in [0.1, 0.15) is 50.1 Å². The number of nitrogens with one attached hydrogen (secondary N) is 2. The molecule has 1 atom stereocenters. The summed E-state index contributed by atoms with van der Waals surface area (Å²) in [6.07, 6.45) is 1.55. The molecule has 0 spiro atoms. The van der Waals surface area contributed by atoms with Crippen molar-refractivity contribution in [2.75, 3.05) is 13.1 Å². The van der Waals surface area contributed by atoms with Crippen LogP contribution in [0.5, 0.6) is 0 Å². The highest BCUT2D eigenvalue weighted by Gasteiger charge is 2.26. The summed E-state index contributed by atoms with van der Waals surface area (Å²) in [7, 11) is 0. The molecular weight excluding hydrogens is 451 g/mol. The highest BCUT2D eigenvalue weighted by atomic mass is 127. The van der Waals surface area contributed by atoms with Crippen LogP contribution in [0, 0.1) is 0 Å². The summed E-state index contributed by atoms with van der Waals surface area (Å²) in [6, 6.07) is 3.52. The fourth-order valence-corrected chi connectivity index (χ4v) is 2.92. The van der Waals surface area contributed by atoms with Gasteiger partial charge in [-0.25, -0.2) is 9.98 Å². The Bertz CT molecular complexity index is 653. The van der Waals surface area contributed by atoms with E-state index in [1.807, 2.05) is 12.3 Å². The molecule has 0 aromatic carbocycles. The van der Waals surface area contributed by atoms with Crippen LogP contribution in [0.15, 0.2) is 33.2 Å². The molecule has 0 radical (unpaired) electrons. The lowest BCUT2D eigenvalue weighted by atomic mass is 10.0. The number of furan rings is 1. The lowest BCUT2D eigenvalue weighted by Gasteiger charge is -2.22. The average molecular weight is 478 g/mol. The number of aromatic nitrogens is 1. The third-order valence-corrected chi connectivity index (χ3v) is 4.65. The number of guanidine groups is 1. The van der Waals surface area contributed by atoms with Gasteiger partial charge in [-0.15, -0.1) is 35.3 Å². The van der Waals surface area contributed by atoms with Crippen molar-refractivity contribution in [3.05, 3.63) is 40.2 Å². The van der Waals surface area contributed by atoms with Crippen molar-refractivity contribution in [2.24, 2.45) is 4.99 Å². The van der Waals surface area contributed by atoms with Gasteiger partial charge in [0.25, 0.3) is 0 Å². The number of rotatable bonds is 7. The summed E-state index contributed by atoms with van der Waals surface area (Å²) in [4.78, 5) is 9.12. The zero-order valence-corrected chi connectivity index (χ0v) is 18.2. The average Bonchev–Trinajstić information content (AvgIpc) is 3.21. The first-order chi connectivity index (χ1) is 11.4. The van der Waals surface area contributed by atoms with Gasteiger partial charge in [-0.05, 0) is 26.0 Å². The van der Waals surface area contributed by atoms with Crippen LogP contribution in [0.25, 0.3) is 0 Å². The number of thiazole rings is 1. The van der Waals surface area contributed by atoms with Gasteiger partial charge in [0, 0.05) is 17.8 Å². The molecule has 0 amide bonds. The van der Waals surface area contributed by atoms with Crippen molar-refractivity contribution in [1.29, 1.82) is 0 Å². The largest absolute Gasteiger partial charge is 0.466 e. The van der Waals surface area contributed by atoms with E-state index in [1.54, 1.807) is 36.7 Å². The minimum atomic E-state index is -1.11. The summed E-state index contributed by atoms with van der Waals surface area (Å²) in [6.45, 7) is 9.51. The number of aliphatic imine (C=N–C) groups is 1. The Balaban J connectivity index is 0.00000312. The topological polar surface area (TPSA) is 82.7 Å². The maximum Gasteiger partial charge on any atom is 0.191 e. The summed E-state index contributed by atoms with van der Waals surface area (Å²) >= 11 is 1.66. The van der Waals surface area contributed by atoms with E-state index >= 15 is 0 Å². The number of aliphatic hydroxyl groups is 1. The molecule has 3 N–H and O–H groups in total. The highest BCUT2D eigenvalue weighted by Crippen LogP contribution is 2.20. The third-order valence-electron chi connectivity index (χ3n) is 3.46.